The lowest BCUT2D eigenvalue weighted by Crippen LogP contribution is -2.52. The molecular formula is C14H18FN3O3. The lowest BCUT2D eigenvalue weighted by Gasteiger charge is -2.33. The molecule has 1 heterocycles. The molecule has 1 aromatic carbocycles. The zero-order valence-corrected chi connectivity index (χ0v) is 11.6. The molecule has 1 fully saturated rings. The van der Waals surface area contributed by atoms with Gasteiger partial charge in [0.25, 0.3) is 0 Å². The van der Waals surface area contributed by atoms with Crippen LogP contribution in [0, 0.1) is 5.82 Å². The molecule has 6 nitrogen and oxygen atoms in total. The second kappa shape index (κ2) is 7.14. The molecule has 0 bridgehead atoms. The summed E-state index contributed by atoms with van der Waals surface area (Å²) >= 11 is 0. The van der Waals surface area contributed by atoms with Crippen LogP contribution in [0.25, 0.3) is 0 Å². The zero-order chi connectivity index (χ0) is 15.2. The monoisotopic (exact) mass is 295 g/mol. The third-order valence-corrected chi connectivity index (χ3v) is 3.37. The number of aliphatic hydroxyl groups is 1. The minimum absolute atomic E-state index is 0.0823. The van der Waals surface area contributed by atoms with Crippen LogP contribution in [-0.4, -0.2) is 66.1 Å². The summed E-state index contributed by atoms with van der Waals surface area (Å²) in [7, 11) is 0. The summed E-state index contributed by atoms with van der Waals surface area (Å²) in [6, 6.07) is 5.24. The number of hydrogen-bond donors (Lipinski definition) is 2. The SMILES string of the molecule is O=C(Nc1ccc(F)cc1)C(=O)N1CCN(CCO)CC1. The van der Waals surface area contributed by atoms with Crippen molar-refractivity contribution >= 4 is 17.5 Å². The standard InChI is InChI=1S/C14H18FN3O3/c15-11-1-3-12(4-2-11)16-13(20)14(21)18-7-5-17(6-8-18)9-10-19/h1-4,19H,5-10H2,(H,16,20). The van der Waals surface area contributed by atoms with E-state index < -0.39 is 17.6 Å². The van der Waals surface area contributed by atoms with Crippen molar-refractivity contribution in [3.63, 3.8) is 0 Å². The molecule has 0 spiro atoms. The van der Waals surface area contributed by atoms with Gasteiger partial charge in [0.15, 0.2) is 0 Å². The second-order valence-electron chi connectivity index (χ2n) is 4.82. The summed E-state index contributed by atoms with van der Waals surface area (Å²) in [6.07, 6.45) is 0. The van der Waals surface area contributed by atoms with E-state index in [1.807, 2.05) is 4.90 Å². The third kappa shape index (κ3) is 4.24. The number of piperazine rings is 1. The first kappa shape index (κ1) is 15.4. The van der Waals surface area contributed by atoms with E-state index in [4.69, 9.17) is 5.11 Å². The van der Waals surface area contributed by atoms with E-state index in [2.05, 4.69) is 5.32 Å². The Hall–Kier alpha value is -1.99. The third-order valence-electron chi connectivity index (χ3n) is 3.37. The highest BCUT2D eigenvalue weighted by atomic mass is 19.1. The van der Waals surface area contributed by atoms with Gasteiger partial charge in [-0.15, -0.1) is 0 Å². The molecule has 7 heteroatoms. The van der Waals surface area contributed by atoms with Crippen molar-refractivity contribution in [2.24, 2.45) is 0 Å². The molecule has 21 heavy (non-hydrogen) atoms. The molecule has 0 aliphatic carbocycles. The van der Waals surface area contributed by atoms with Crippen molar-refractivity contribution in [3.05, 3.63) is 30.1 Å². The molecule has 2 N–H and O–H groups in total. The van der Waals surface area contributed by atoms with Crippen molar-refractivity contribution in [3.8, 4) is 0 Å². The first-order valence-corrected chi connectivity index (χ1v) is 6.79. The van der Waals surface area contributed by atoms with E-state index in [1.54, 1.807) is 0 Å². The topological polar surface area (TPSA) is 72.9 Å². The number of aliphatic hydroxyl groups excluding tert-OH is 1. The van der Waals surface area contributed by atoms with Gasteiger partial charge in [-0.05, 0) is 24.3 Å². The maximum atomic E-state index is 12.8. The maximum Gasteiger partial charge on any atom is 0.313 e. The quantitative estimate of drug-likeness (QED) is 0.764. The van der Waals surface area contributed by atoms with Gasteiger partial charge >= 0.3 is 11.8 Å². The number of β-amino-alcohol motifs (C(OH)–C–C–N with tert-alkyl or cyclic N) is 1. The Balaban J connectivity index is 1.85. The van der Waals surface area contributed by atoms with Gasteiger partial charge in [-0.2, -0.15) is 0 Å². The molecule has 0 unspecified atom stereocenters. The lowest BCUT2D eigenvalue weighted by atomic mass is 10.3. The average Bonchev–Trinajstić information content (AvgIpc) is 2.50. The molecule has 1 saturated heterocycles. The van der Waals surface area contributed by atoms with Crippen LogP contribution in [0.3, 0.4) is 0 Å². The highest BCUT2D eigenvalue weighted by molar-refractivity contribution is 6.39. The molecule has 114 valence electrons. The fraction of sp³-hybridized carbons (Fsp3) is 0.429. The minimum atomic E-state index is -0.725. The van der Waals surface area contributed by atoms with Gasteiger partial charge in [0.2, 0.25) is 0 Å². The number of nitrogens with zero attached hydrogens (tertiary/aromatic N) is 2. The second-order valence-corrected chi connectivity index (χ2v) is 4.82. The Morgan fingerprint density at radius 2 is 1.76 bits per heavy atom. The molecule has 1 aromatic rings. The van der Waals surface area contributed by atoms with Crippen molar-refractivity contribution < 1.29 is 19.1 Å². The first-order chi connectivity index (χ1) is 10.1. The Labute approximate surface area is 122 Å². The summed E-state index contributed by atoms with van der Waals surface area (Å²) in [5.74, 6) is -1.72. The van der Waals surface area contributed by atoms with Crippen molar-refractivity contribution in [1.29, 1.82) is 0 Å². The molecule has 2 rings (SSSR count). The Morgan fingerprint density at radius 1 is 1.14 bits per heavy atom. The number of amides is 2. The highest BCUT2D eigenvalue weighted by Crippen LogP contribution is 2.09. The van der Waals surface area contributed by atoms with Crippen LogP contribution in [0.5, 0.6) is 0 Å². The Bertz CT molecular complexity index is 499. The minimum Gasteiger partial charge on any atom is -0.395 e. The molecule has 0 radical (unpaired) electrons. The van der Waals surface area contributed by atoms with E-state index in [1.165, 1.54) is 29.2 Å². The summed E-state index contributed by atoms with van der Waals surface area (Å²) < 4.78 is 12.8. The maximum absolute atomic E-state index is 12.8. The summed E-state index contributed by atoms with van der Waals surface area (Å²) in [5.41, 5.74) is 0.383. The molecule has 2 amide bonds. The van der Waals surface area contributed by atoms with Crippen LogP contribution in [0.4, 0.5) is 10.1 Å². The van der Waals surface area contributed by atoms with Crippen LogP contribution in [0.2, 0.25) is 0 Å². The smallest absolute Gasteiger partial charge is 0.313 e. The van der Waals surface area contributed by atoms with Gasteiger partial charge in [0.05, 0.1) is 6.61 Å². The Kier molecular flexibility index (Phi) is 5.24. The molecule has 1 aliphatic heterocycles. The molecule has 0 aromatic heterocycles. The first-order valence-electron chi connectivity index (χ1n) is 6.79. The fourth-order valence-electron chi connectivity index (χ4n) is 2.18. The highest BCUT2D eigenvalue weighted by Gasteiger charge is 2.25. The fourth-order valence-corrected chi connectivity index (χ4v) is 2.18. The van der Waals surface area contributed by atoms with E-state index in [0.717, 1.165) is 0 Å². The zero-order valence-electron chi connectivity index (χ0n) is 11.6. The van der Waals surface area contributed by atoms with Gasteiger partial charge in [0.1, 0.15) is 5.82 Å². The van der Waals surface area contributed by atoms with E-state index >= 15 is 0 Å². The normalized spacial score (nSPS) is 15.8. The van der Waals surface area contributed by atoms with Gasteiger partial charge < -0.3 is 15.3 Å². The average molecular weight is 295 g/mol. The molecule has 0 saturated carbocycles. The number of benzene rings is 1. The number of rotatable bonds is 3. The van der Waals surface area contributed by atoms with Crippen LogP contribution in [-0.2, 0) is 9.59 Å². The van der Waals surface area contributed by atoms with Gasteiger partial charge in [-0.25, -0.2) is 4.39 Å². The van der Waals surface area contributed by atoms with Crippen LogP contribution >= 0.6 is 0 Å². The van der Waals surface area contributed by atoms with Crippen molar-refractivity contribution in [1.82, 2.24) is 9.80 Å². The lowest BCUT2D eigenvalue weighted by molar-refractivity contribution is -0.144. The summed E-state index contributed by atoms with van der Waals surface area (Å²) in [4.78, 5) is 27.4. The number of carbonyl (C=O) groups excluding carboxylic acids is 2. The van der Waals surface area contributed by atoms with E-state index in [-0.39, 0.29) is 6.61 Å². The van der Waals surface area contributed by atoms with Crippen molar-refractivity contribution in [2.75, 3.05) is 44.6 Å². The van der Waals surface area contributed by atoms with Crippen LogP contribution in [0.1, 0.15) is 0 Å². The Morgan fingerprint density at radius 3 is 2.33 bits per heavy atom. The number of anilines is 1. The molecule has 0 atom stereocenters. The van der Waals surface area contributed by atoms with E-state index in [0.29, 0.717) is 38.4 Å². The van der Waals surface area contributed by atoms with Crippen molar-refractivity contribution in [2.45, 2.75) is 0 Å². The largest absolute Gasteiger partial charge is 0.395 e. The van der Waals surface area contributed by atoms with Crippen LogP contribution < -0.4 is 5.32 Å². The summed E-state index contributed by atoms with van der Waals surface area (Å²) in [5, 5.41) is 11.3. The van der Waals surface area contributed by atoms with Gasteiger partial charge in [-0.3, -0.25) is 14.5 Å². The molecule has 1 aliphatic rings. The number of nitrogens with one attached hydrogen (secondary N) is 1. The summed E-state index contributed by atoms with van der Waals surface area (Å²) in [6.45, 7) is 2.83. The number of hydrogen-bond acceptors (Lipinski definition) is 4. The number of halogens is 1. The predicted molar refractivity (Wildman–Crippen MR) is 75.1 cm³/mol. The molecular weight excluding hydrogens is 277 g/mol. The van der Waals surface area contributed by atoms with Crippen LogP contribution in [0.15, 0.2) is 24.3 Å². The number of carbonyl (C=O) groups is 2. The van der Waals surface area contributed by atoms with Gasteiger partial charge in [0, 0.05) is 38.4 Å². The van der Waals surface area contributed by atoms with Gasteiger partial charge in [-0.1, -0.05) is 0 Å². The predicted octanol–water partition coefficient (Wildman–Crippen LogP) is -0.0993. The van der Waals surface area contributed by atoms with E-state index in [9.17, 15) is 14.0 Å².